The van der Waals surface area contributed by atoms with Gasteiger partial charge in [-0.2, -0.15) is 0 Å². The summed E-state index contributed by atoms with van der Waals surface area (Å²) < 4.78 is 17.0. The highest BCUT2D eigenvalue weighted by Crippen LogP contribution is 2.31. The molecular weight excluding hydrogens is 330 g/mol. The fourth-order valence-electron chi connectivity index (χ4n) is 3.43. The van der Waals surface area contributed by atoms with E-state index in [1.165, 1.54) is 0 Å². The summed E-state index contributed by atoms with van der Waals surface area (Å²) >= 11 is 0. The lowest BCUT2D eigenvalue weighted by atomic mass is 10.00. The van der Waals surface area contributed by atoms with Crippen LogP contribution in [0.4, 0.5) is 0 Å². The van der Waals surface area contributed by atoms with E-state index in [0.717, 1.165) is 37.2 Å². The predicted octanol–water partition coefficient (Wildman–Crippen LogP) is 3.50. The second-order valence-corrected chi connectivity index (χ2v) is 6.67. The Balaban J connectivity index is 1.41. The zero-order valence-corrected chi connectivity index (χ0v) is 14.6. The Morgan fingerprint density at radius 3 is 2.92 bits per heavy atom. The predicted molar refractivity (Wildman–Crippen MR) is 97.7 cm³/mol. The van der Waals surface area contributed by atoms with Crippen molar-refractivity contribution in [2.24, 2.45) is 0 Å². The third-order valence-corrected chi connectivity index (χ3v) is 4.82. The van der Waals surface area contributed by atoms with E-state index in [1.807, 2.05) is 36.4 Å². The fraction of sp³-hybridized carbons (Fsp3) is 0.381. The summed E-state index contributed by atoms with van der Waals surface area (Å²) in [5.41, 5.74) is 1.62. The number of hydrogen-bond donors (Lipinski definition) is 1. The molecule has 26 heavy (non-hydrogen) atoms. The first kappa shape index (κ1) is 16.9. The average molecular weight is 353 g/mol. The number of fused-ring (bicyclic) bond motifs is 1. The number of amides is 1. The molecule has 0 aromatic heterocycles. The summed E-state index contributed by atoms with van der Waals surface area (Å²) in [7, 11) is 0. The molecule has 4 rings (SSSR count). The van der Waals surface area contributed by atoms with Crippen molar-refractivity contribution >= 4 is 5.91 Å². The number of para-hydroxylation sites is 1. The van der Waals surface area contributed by atoms with Crippen LogP contribution >= 0.6 is 0 Å². The quantitative estimate of drug-likeness (QED) is 0.894. The van der Waals surface area contributed by atoms with Crippen LogP contribution in [0.25, 0.3) is 0 Å². The molecule has 1 fully saturated rings. The van der Waals surface area contributed by atoms with E-state index >= 15 is 0 Å². The molecule has 2 aromatic carbocycles. The van der Waals surface area contributed by atoms with Crippen molar-refractivity contribution in [1.29, 1.82) is 0 Å². The number of carbonyl (C=O) groups is 1. The van der Waals surface area contributed by atoms with Crippen molar-refractivity contribution in [1.82, 2.24) is 5.32 Å². The standard InChI is InChI=1S/C21H23NO4/c23-21(22-19-10-12-25-20-9-2-1-8-18(19)20)15-5-3-6-16(13-15)26-14-17-7-4-11-24-17/h1-3,5-6,8-9,13,17,19H,4,7,10-12,14H2,(H,22,23)/t17-,19-/m1/s1. The molecule has 1 N–H and O–H groups in total. The summed E-state index contributed by atoms with van der Waals surface area (Å²) in [5, 5.41) is 3.12. The van der Waals surface area contributed by atoms with Crippen LogP contribution in [0.1, 0.15) is 41.2 Å². The van der Waals surface area contributed by atoms with Gasteiger partial charge in [-0.1, -0.05) is 24.3 Å². The zero-order chi connectivity index (χ0) is 17.8. The molecule has 136 valence electrons. The molecule has 2 aliphatic rings. The number of rotatable bonds is 5. The van der Waals surface area contributed by atoms with Crippen LogP contribution in [0.3, 0.4) is 0 Å². The molecule has 1 saturated heterocycles. The van der Waals surface area contributed by atoms with Gasteiger partial charge in [-0.3, -0.25) is 4.79 Å². The molecule has 0 spiro atoms. The Morgan fingerprint density at radius 2 is 2.04 bits per heavy atom. The molecule has 0 unspecified atom stereocenters. The molecule has 2 atom stereocenters. The SMILES string of the molecule is O=C(N[C@@H]1CCOc2ccccc21)c1cccc(OC[C@H]2CCCO2)c1. The van der Waals surface area contributed by atoms with Gasteiger partial charge in [0.1, 0.15) is 18.1 Å². The van der Waals surface area contributed by atoms with Gasteiger partial charge in [0.2, 0.25) is 0 Å². The highest BCUT2D eigenvalue weighted by molar-refractivity contribution is 5.94. The van der Waals surface area contributed by atoms with Crippen molar-refractivity contribution in [3.63, 3.8) is 0 Å². The summed E-state index contributed by atoms with van der Waals surface area (Å²) in [6.45, 7) is 1.94. The van der Waals surface area contributed by atoms with E-state index in [1.54, 1.807) is 12.1 Å². The van der Waals surface area contributed by atoms with Crippen LogP contribution in [0.2, 0.25) is 0 Å². The largest absolute Gasteiger partial charge is 0.493 e. The molecule has 5 heteroatoms. The lowest BCUT2D eigenvalue weighted by molar-refractivity contribution is 0.0679. The van der Waals surface area contributed by atoms with Crippen LogP contribution < -0.4 is 14.8 Å². The van der Waals surface area contributed by atoms with Crippen LogP contribution in [0.5, 0.6) is 11.5 Å². The van der Waals surface area contributed by atoms with E-state index in [0.29, 0.717) is 24.5 Å². The maximum absolute atomic E-state index is 12.7. The van der Waals surface area contributed by atoms with Gasteiger partial charge < -0.3 is 19.5 Å². The van der Waals surface area contributed by atoms with Gasteiger partial charge in [0.15, 0.2) is 0 Å². The smallest absolute Gasteiger partial charge is 0.251 e. The topological polar surface area (TPSA) is 56.8 Å². The molecule has 0 saturated carbocycles. The Labute approximate surface area is 153 Å². The van der Waals surface area contributed by atoms with E-state index in [9.17, 15) is 4.79 Å². The summed E-state index contributed by atoms with van der Waals surface area (Å²) in [6, 6.07) is 15.1. The molecule has 2 aromatic rings. The van der Waals surface area contributed by atoms with Gasteiger partial charge in [-0.15, -0.1) is 0 Å². The number of hydrogen-bond acceptors (Lipinski definition) is 4. The van der Waals surface area contributed by atoms with Crippen molar-refractivity contribution in [2.45, 2.75) is 31.4 Å². The summed E-state index contributed by atoms with van der Waals surface area (Å²) in [5.74, 6) is 1.44. The summed E-state index contributed by atoms with van der Waals surface area (Å²) in [4.78, 5) is 12.7. The Bertz CT molecular complexity index is 770. The molecule has 2 aliphatic heterocycles. The molecule has 1 amide bonds. The van der Waals surface area contributed by atoms with Crippen molar-refractivity contribution in [2.75, 3.05) is 19.8 Å². The number of nitrogens with one attached hydrogen (secondary N) is 1. The zero-order valence-electron chi connectivity index (χ0n) is 14.6. The van der Waals surface area contributed by atoms with Gasteiger partial charge in [0.25, 0.3) is 5.91 Å². The highest BCUT2D eigenvalue weighted by Gasteiger charge is 2.23. The van der Waals surface area contributed by atoms with Gasteiger partial charge in [-0.05, 0) is 37.1 Å². The second-order valence-electron chi connectivity index (χ2n) is 6.67. The molecule has 2 heterocycles. The first-order valence-corrected chi connectivity index (χ1v) is 9.16. The van der Waals surface area contributed by atoms with E-state index in [2.05, 4.69) is 5.32 Å². The van der Waals surface area contributed by atoms with Gasteiger partial charge in [0, 0.05) is 24.2 Å². The first-order valence-electron chi connectivity index (χ1n) is 9.16. The normalized spacial score (nSPS) is 21.5. The van der Waals surface area contributed by atoms with Gasteiger partial charge >= 0.3 is 0 Å². The lowest BCUT2D eigenvalue weighted by Gasteiger charge is -2.26. The van der Waals surface area contributed by atoms with Crippen LogP contribution in [-0.4, -0.2) is 31.8 Å². The Morgan fingerprint density at radius 1 is 1.12 bits per heavy atom. The van der Waals surface area contributed by atoms with E-state index in [4.69, 9.17) is 14.2 Å². The average Bonchev–Trinajstić information content (AvgIpc) is 3.20. The Kier molecular flexibility index (Phi) is 5.07. The number of carbonyl (C=O) groups excluding carboxylic acids is 1. The molecule has 0 bridgehead atoms. The maximum atomic E-state index is 12.7. The van der Waals surface area contributed by atoms with Crippen molar-refractivity contribution in [3.05, 3.63) is 59.7 Å². The minimum Gasteiger partial charge on any atom is -0.493 e. The van der Waals surface area contributed by atoms with Crippen LogP contribution in [-0.2, 0) is 4.74 Å². The van der Waals surface area contributed by atoms with Crippen molar-refractivity contribution in [3.8, 4) is 11.5 Å². The van der Waals surface area contributed by atoms with E-state index < -0.39 is 0 Å². The third kappa shape index (κ3) is 3.83. The Hall–Kier alpha value is -2.53. The van der Waals surface area contributed by atoms with Gasteiger partial charge in [0.05, 0.1) is 18.8 Å². The molecule has 5 nitrogen and oxygen atoms in total. The highest BCUT2D eigenvalue weighted by atomic mass is 16.5. The third-order valence-electron chi connectivity index (χ3n) is 4.82. The number of benzene rings is 2. The monoisotopic (exact) mass is 353 g/mol. The van der Waals surface area contributed by atoms with Crippen LogP contribution in [0.15, 0.2) is 48.5 Å². The minimum atomic E-state index is -0.103. The molecule has 0 radical (unpaired) electrons. The summed E-state index contributed by atoms with van der Waals surface area (Å²) in [6.07, 6.45) is 3.04. The fourth-order valence-corrected chi connectivity index (χ4v) is 3.43. The van der Waals surface area contributed by atoms with E-state index in [-0.39, 0.29) is 18.1 Å². The van der Waals surface area contributed by atoms with Crippen molar-refractivity contribution < 1.29 is 19.0 Å². The second kappa shape index (κ2) is 7.79. The first-order chi connectivity index (χ1) is 12.8. The molecule has 0 aliphatic carbocycles. The van der Waals surface area contributed by atoms with Gasteiger partial charge in [-0.25, -0.2) is 0 Å². The molecular formula is C21H23NO4. The van der Waals surface area contributed by atoms with Crippen LogP contribution in [0, 0.1) is 0 Å². The maximum Gasteiger partial charge on any atom is 0.251 e. The minimum absolute atomic E-state index is 0.0380. The lowest BCUT2D eigenvalue weighted by Crippen LogP contribution is -2.32. The number of ether oxygens (including phenoxy) is 3.